The van der Waals surface area contributed by atoms with Gasteiger partial charge in [-0.3, -0.25) is 0 Å². The van der Waals surface area contributed by atoms with Gasteiger partial charge in [0, 0.05) is 33.8 Å². The third kappa shape index (κ3) is 9.83. The van der Waals surface area contributed by atoms with Crippen LogP contribution in [0.2, 0.25) is 0 Å². The molecule has 7 heteroatoms. The first-order valence-corrected chi connectivity index (χ1v) is 16.4. The number of para-hydroxylation sites is 1. The van der Waals surface area contributed by atoms with Crippen molar-refractivity contribution in [3.63, 3.8) is 0 Å². The molecule has 0 aliphatic heterocycles. The molecular weight excluding hydrogens is 707 g/mol. The van der Waals surface area contributed by atoms with Crippen molar-refractivity contribution < 1.29 is 30.4 Å². The Morgan fingerprint density at radius 2 is 1.44 bits per heavy atom. The molecule has 0 spiro atoms. The third-order valence-corrected chi connectivity index (χ3v) is 12.0. The maximum Gasteiger partial charge on any atom is 1.00 e. The Balaban J connectivity index is 0.000000220. The van der Waals surface area contributed by atoms with Gasteiger partial charge >= 0.3 is 22.4 Å². The van der Waals surface area contributed by atoms with Crippen molar-refractivity contribution in [3.8, 4) is 5.75 Å². The van der Waals surface area contributed by atoms with Crippen LogP contribution in [0.3, 0.4) is 0 Å². The van der Waals surface area contributed by atoms with E-state index in [2.05, 4.69) is 58.8 Å². The summed E-state index contributed by atoms with van der Waals surface area (Å²) in [5, 5.41) is 4.92. The molecule has 0 amide bonds. The average molecular weight is 750 g/mol. The van der Waals surface area contributed by atoms with Crippen LogP contribution in [0.4, 0.5) is 20.9 Å². The normalized spacial score (nSPS) is 16.0. The maximum absolute atomic E-state index is 11.9. The second-order valence-electron chi connectivity index (χ2n) is 10.6. The molecular formula is C32H42AuFN2OPS+. The van der Waals surface area contributed by atoms with Gasteiger partial charge in [-0.1, -0.05) is 36.7 Å². The Hall–Kier alpha value is -1.49. The first kappa shape index (κ1) is 32.0. The van der Waals surface area contributed by atoms with E-state index in [0.717, 1.165) is 22.7 Å². The zero-order chi connectivity index (χ0) is 26.6. The first-order chi connectivity index (χ1) is 18.7. The number of hydrogen-bond donors (Lipinski definition) is 1. The molecule has 39 heavy (non-hydrogen) atoms. The van der Waals surface area contributed by atoms with Crippen LogP contribution in [0.5, 0.6) is 5.75 Å². The SMILES string of the molecule is CN(C)c1ccccc1[PH+](C1CCCCC1)C1CCCCC1.FSOc1cccc(Nc2cc[c-]cc2)c1.[Au+]. The number of nitrogens with one attached hydrogen (secondary N) is 1. The minimum absolute atomic E-state index is 0. The molecule has 2 saturated carbocycles. The predicted octanol–water partition coefficient (Wildman–Crippen LogP) is 9.40. The van der Waals surface area contributed by atoms with E-state index >= 15 is 0 Å². The van der Waals surface area contributed by atoms with Gasteiger partial charge in [0.1, 0.15) is 11.1 Å². The fourth-order valence-corrected chi connectivity index (χ4v) is 10.7. The number of benzene rings is 3. The van der Waals surface area contributed by atoms with Crippen molar-refractivity contribution >= 4 is 42.7 Å². The van der Waals surface area contributed by atoms with Crippen molar-refractivity contribution in [1.82, 2.24) is 0 Å². The Morgan fingerprint density at radius 3 is 2.03 bits per heavy atom. The van der Waals surface area contributed by atoms with E-state index in [1.54, 1.807) is 23.5 Å². The first-order valence-electron chi connectivity index (χ1n) is 14.1. The summed E-state index contributed by atoms with van der Waals surface area (Å²) in [6.45, 7) is 0. The topological polar surface area (TPSA) is 24.5 Å². The molecule has 0 unspecified atom stereocenters. The van der Waals surface area contributed by atoms with Crippen molar-refractivity contribution in [2.45, 2.75) is 75.5 Å². The predicted molar refractivity (Wildman–Crippen MR) is 167 cm³/mol. The van der Waals surface area contributed by atoms with Crippen molar-refractivity contribution in [1.29, 1.82) is 0 Å². The second kappa shape index (κ2) is 17.4. The summed E-state index contributed by atoms with van der Waals surface area (Å²) in [5.41, 5.74) is 5.36. The molecule has 0 saturated heterocycles. The van der Waals surface area contributed by atoms with Crippen LogP contribution >= 0.6 is 20.4 Å². The Kier molecular flexibility index (Phi) is 14.3. The Labute approximate surface area is 256 Å². The quantitative estimate of drug-likeness (QED) is 0.107. The summed E-state index contributed by atoms with van der Waals surface area (Å²) in [5.74, 6) is 0.472. The molecule has 2 fully saturated rings. The molecule has 2 aliphatic rings. The van der Waals surface area contributed by atoms with Crippen molar-refractivity contribution in [3.05, 3.63) is 78.9 Å². The monoisotopic (exact) mass is 749 g/mol. The molecule has 3 aromatic rings. The van der Waals surface area contributed by atoms with E-state index in [-0.39, 0.29) is 34.8 Å². The maximum atomic E-state index is 11.9. The van der Waals surface area contributed by atoms with Crippen LogP contribution in [-0.4, -0.2) is 25.4 Å². The van der Waals surface area contributed by atoms with Crippen molar-refractivity contribution in [2.75, 3.05) is 24.3 Å². The van der Waals surface area contributed by atoms with E-state index in [1.165, 1.54) is 69.9 Å². The molecule has 0 bridgehead atoms. The molecule has 0 aromatic heterocycles. The molecule has 3 aromatic carbocycles. The molecule has 0 heterocycles. The van der Waals surface area contributed by atoms with Crippen LogP contribution in [0, 0.1) is 6.07 Å². The van der Waals surface area contributed by atoms with E-state index in [4.69, 9.17) is 0 Å². The Morgan fingerprint density at radius 1 is 0.821 bits per heavy atom. The summed E-state index contributed by atoms with van der Waals surface area (Å²) in [6, 6.07) is 26.8. The van der Waals surface area contributed by atoms with Gasteiger partial charge in [-0.2, -0.15) is 18.2 Å². The minimum Gasteiger partial charge on any atom is -0.397 e. The van der Waals surface area contributed by atoms with E-state index in [0.29, 0.717) is 5.75 Å². The molecule has 1 N–H and O–H groups in total. The second-order valence-corrected chi connectivity index (χ2v) is 14.0. The number of hydrogen-bond acceptors (Lipinski definition) is 4. The molecule has 3 nitrogen and oxygen atoms in total. The van der Waals surface area contributed by atoms with Gasteiger partial charge in [-0.15, -0.1) is 16.0 Å². The molecule has 214 valence electrons. The Bertz CT molecular complexity index is 1080. The van der Waals surface area contributed by atoms with Crippen LogP contribution in [-0.2, 0) is 22.4 Å². The molecule has 2 aliphatic carbocycles. The van der Waals surface area contributed by atoms with Gasteiger partial charge in [-0.05, 0) is 75.6 Å². The van der Waals surface area contributed by atoms with Crippen LogP contribution in [0.15, 0.2) is 72.8 Å². The van der Waals surface area contributed by atoms with Gasteiger partial charge in [-0.25, -0.2) is 0 Å². The van der Waals surface area contributed by atoms with Crippen LogP contribution in [0.1, 0.15) is 64.2 Å². The fraction of sp³-hybridized carbons (Fsp3) is 0.438. The summed E-state index contributed by atoms with van der Waals surface area (Å²) in [7, 11) is 4.01. The van der Waals surface area contributed by atoms with Gasteiger partial charge in [0.15, 0.2) is 0 Å². The van der Waals surface area contributed by atoms with E-state index < -0.39 is 7.92 Å². The summed E-state index contributed by atoms with van der Waals surface area (Å²) < 4.78 is 16.6. The summed E-state index contributed by atoms with van der Waals surface area (Å²) in [4.78, 5) is 2.35. The summed E-state index contributed by atoms with van der Waals surface area (Å²) in [6.07, 6.45) is 14.9. The third-order valence-electron chi connectivity index (χ3n) is 7.76. The molecule has 0 radical (unpaired) electrons. The number of anilines is 3. The number of nitrogens with zero attached hydrogens (tertiary/aromatic N) is 1. The smallest absolute Gasteiger partial charge is 0.397 e. The van der Waals surface area contributed by atoms with Gasteiger partial charge in [0.25, 0.3) is 12.4 Å². The molecule has 0 atom stereocenters. The van der Waals surface area contributed by atoms with Crippen LogP contribution in [0.25, 0.3) is 0 Å². The largest absolute Gasteiger partial charge is 1.00 e. The van der Waals surface area contributed by atoms with E-state index in [1.807, 2.05) is 30.3 Å². The average Bonchev–Trinajstić information content (AvgIpc) is 2.96. The van der Waals surface area contributed by atoms with Crippen LogP contribution < -0.4 is 19.7 Å². The fourth-order valence-electron chi connectivity index (χ4n) is 6.01. The minimum atomic E-state index is -0.439. The zero-order valence-corrected chi connectivity index (χ0v) is 27.1. The molecule has 5 rings (SSSR count). The van der Waals surface area contributed by atoms with Gasteiger partial charge in [0.2, 0.25) is 0 Å². The zero-order valence-electron chi connectivity index (χ0n) is 23.1. The number of rotatable bonds is 8. The van der Waals surface area contributed by atoms with Gasteiger partial charge in [0.05, 0.1) is 17.0 Å². The summed E-state index contributed by atoms with van der Waals surface area (Å²) >= 11 is -0.163. The van der Waals surface area contributed by atoms with Crippen molar-refractivity contribution in [2.24, 2.45) is 0 Å². The number of halogens is 1. The van der Waals surface area contributed by atoms with Gasteiger partial charge < -0.3 is 14.4 Å². The standard InChI is InChI=1S/C20H32NP.C12H9FNOS.Au/c1-21(2)19-15-9-10-16-20(19)22(17-11-5-3-6-12-17)18-13-7-4-8-14-18;13-16-15-12-8-4-7-11(9-12)14-10-5-2-1-3-6-10;/h9-10,15-18H,3-8,11-14H2,1-2H3;2-9,14H;/q;-1;+1/p+1. The van der Waals surface area contributed by atoms with E-state index in [9.17, 15) is 3.89 Å².